The Hall–Kier alpha value is -3.20. The number of benzene rings is 2. The predicted octanol–water partition coefficient (Wildman–Crippen LogP) is 2.72. The molecule has 1 aliphatic carbocycles. The van der Waals surface area contributed by atoms with Crippen LogP contribution in [0.15, 0.2) is 48.5 Å². The summed E-state index contributed by atoms with van der Waals surface area (Å²) in [4.78, 5) is 22.5. The van der Waals surface area contributed by atoms with Gasteiger partial charge in [-0.3, -0.25) is 25.8 Å². The summed E-state index contributed by atoms with van der Waals surface area (Å²) in [5.74, 6) is 0.274. The Labute approximate surface area is 161 Å². The van der Waals surface area contributed by atoms with Crippen LogP contribution < -0.4 is 20.9 Å². The molecule has 0 unspecified atom stereocenters. The Morgan fingerprint density at radius 1 is 1.22 bits per heavy atom. The minimum absolute atomic E-state index is 0.0865. The Kier molecular flexibility index (Phi) is 5.51. The van der Waals surface area contributed by atoms with E-state index in [1.807, 2.05) is 30.3 Å². The van der Waals surface area contributed by atoms with Crippen LogP contribution in [0.1, 0.15) is 17.9 Å². The number of carbonyl (C=O) groups excluding carboxylic acids is 1. The van der Waals surface area contributed by atoms with E-state index in [0.717, 1.165) is 12.0 Å². The molecule has 2 atom stereocenters. The van der Waals surface area contributed by atoms with E-state index < -0.39 is 4.92 Å². The number of thiocarbonyl (C=S) groups is 1. The Balaban J connectivity index is 1.52. The zero-order valence-corrected chi connectivity index (χ0v) is 15.3. The van der Waals surface area contributed by atoms with Gasteiger partial charge in [0.25, 0.3) is 5.69 Å². The second-order valence-electron chi connectivity index (χ2n) is 6.07. The van der Waals surface area contributed by atoms with E-state index >= 15 is 0 Å². The second-order valence-corrected chi connectivity index (χ2v) is 6.48. The molecule has 1 aliphatic rings. The number of hydrazine groups is 1. The summed E-state index contributed by atoms with van der Waals surface area (Å²) in [7, 11) is 1.40. The van der Waals surface area contributed by atoms with E-state index in [2.05, 4.69) is 16.2 Å². The number of anilines is 1. The molecular weight excluding hydrogens is 368 g/mol. The lowest BCUT2D eigenvalue weighted by Gasteiger charge is -2.14. The van der Waals surface area contributed by atoms with E-state index in [9.17, 15) is 14.9 Å². The highest BCUT2D eigenvalue weighted by Gasteiger charge is 2.43. The summed E-state index contributed by atoms with van der Waals surface area (Å²) in [6.45, 7) is 0. The fraction of sp³-hybridized carbons (Fsp3) is 0.222. The summed E-state index contributed by atoms with van der Waals surface area (Å²) in [6, 6.07) is 14.0. The van der Waals surface area contributed by atoms with Crippen molar-refractivity contribution in [3.05, 3.63) is 64.2 Å². The SMILES string of the molecule is COc1cc([N+](=O)[O-])ccc1NC(=S)NNC(=O)[C@H]1C[C@H]1c1ccccc1. The fourth-order valence-corrected chi connectivity index (χ4v) is 2.98. The van der Waals surface area contributed by atoms with Crippen LogP contribution in [-0.2, 0) is 4.79 Å². The Morgan fingerprint density at radius 2 is 1.96 bits per heavy atom. The highest BCUT2D eigenvalue weighted by molar-refractivity contribution is 7.80. The maximum Gasteiger partial charge on any atom is 0.273 e. The molecule has 3 N–H and O–H groups in total. The Bertz CT molecular complexity index is 875. The number of hydrogen-bond donors (Lipinski definition) is 3. The van der Waals surface area contributed by atoms with Gasteiger partial charge in [-0.1, -0.05) is 30.3 Å². The van der Waals surface area contributed by atoms with Crippen LogP contribution in [0.25, 0.3) is 0 Å². The van der Waals surface area contributed by atoms with Gasteiger partial charge < -0.3 is 10.1 Å². The average Bonchev–Trinajstić information content (AvgIpc) is 3.48. The zero-order valence-electron chi connectivity index (χ0n) is 14.5. The van der Waals surface area contributed by atoms with Crippen LogP contribution in [0.2, 0.25) is 0 Å². The van der Waals surface area contributed by atoms with Gasteiger partial charge in [0.15, 0.2) is 5.11 Å². The van der Waals surface area contributed by atoms with Gasteiger partial charge in [-0.05, 0) is 36.2 Å². The molecule has 3 rings (SSSR count). The van der Waals surface area contributed by atoms with Crippen molar-refractivity contribution in [2.75, 3.05) is 12.4 Å². The van der Waals surface area contributed by atoms with Crippen LogP contribution in [0.4, 0.5) is 11.4 Å². The second kappa shape index (κ2) is 8.00. The minimum Gasteiger partial charge on any atom is -0.494 e. The third kappa shape index (κ3) is 4.50. The van der Waals surface area contributed by atoms with Gasteiger partial charge in [-0.2, -0.15) is 0 Å². The molecule has 1 fully saturated rings. The van der Waals surface area contributed by atoms with E-state index in [1.165, 1.54) is 25.3 Å². The van der Waals surface area contributed by atoms with Gasteiger partial charge in [0.2, 0.25) is 5.91 Å². The largest absolute Gasteiger partial charge is 0.494 e. The molecule has 140 valence electrons. The summed E-state index contributed by atoms with van der Waals surface area (Å²) in [5.41, 5.74) is 6.74. The van der Waals surface area contributed by atoms with Crippen molar-refractivity contribution < 1.29 is 14.5 Å². The maximum atomic E-state index is 12.2. The number of methoxy groups -OCH3 is 1. The van der Waals surface area contributed by atoms with Crippen LogP contribution in [0, 0.1) is 16.0 Å². The van der Waals surface area contributed by atoms with Crippen molar-refractivity contribution >= 4 is 34.6 Å². The lowest BCUT2D eigenvalue weighted by molar-refractivity contribution is -0.384. The van der Waals surface area contributed by atoms with Gasteiger partial charge in [-0.25, -0.2) is 0 Å². The van der Waals surface area contributed by atoms with E-state index in [1.54, 1.807) is 0 Å². The number of nitrogens with one attached hydrogen (secondary N) is 3. The molecular formula is C18H18N4O4S. The number of nitrogens with zero attached hydrogens (tertiary/aromatic N) is 1. The van der Waals surface area contributed by atoms with Crippen LogP contribution in [0.5, 0.6) is 5.75 Å². The number of rotatable bonds is 5. The molecule has 8 nitrogen and oxygen atoms in total. The highest BCUT2D eigenvalue weighted by atomic mass is 32.1. The van der Waals surface area contributed by atoms with E-state index in [-0.39, 0.29) is 34.3 Å². The number of hydrogen-bond acceptors (Lipinski definition) is 5. The van der Waals surface area contributed by atoms with Crippen molar-refractivity contribution in [3.63, 3.8) is 0 Å². The number of carbonyl (C=O) groups is 1. The van der Waals surface area contributed by atoms with Gasteiger partial charge in [0.1, 0.15) is 5.75 Å². The quantitative estimate of drug-likeness (QED) is 0.412. The summed E-state index contributed by atoms with van der Waals surface area (Å²) >= 11 is 5.15. The maximum absolute atomic E-state index is 12.2. The molecule has 2 aromatic carbocycles. The first kappa shape index (κ1) is 18.6. The van der Waals surface area contributed by atoms with E-state index in [0.29, 0.717) is 5.69 Å². The standard InChI is InChI=1S/C18H18N4O4S/c1-26-16-9-12(22(24)25)7-8-15(16)19-18(27)21-20-17(23)14-10-13(14)11-5-3-2-4-6-11/h2-9,13-14H,10H2,1H3,(H,20,23)(H2,19,21,27)/t13-,14-/m0/s1. The van der Waals surface area contributed by atoms with Crippen molar-refractivity contribution in [1.82, 2.24) is 10.9 Å². The summed E-state index contributed by atoms with van der Waals surface area (Å²) < 4.78 is 5.13. The molecule has 0 saturated heterocycles. The lowest BCUT2D eigenvalue weighted by atomic mass is 10.1. The van der Waals surface area contributed by atoms with Crippen LogP contribution in [-0.4, -0.2) is 23.1 Å². The summed E-state index contributed by atoms with van der Waals surface area (Å²) in [6.07, 6.45) is 0.799. The van der Waals surface area contributed by atoms with Gasteiger partial charge >= 0.3 is 0 Å². The van der Waals surface area contributed by atoms with Gasteiger partial charge in [-0.15, -0.1) is 0 Å². The molecule has 0 aromatic heterocycles. The number of non-ortho nitro benzene ring substituents is 1. The first-order chi connectivity index (χ1) is 13.0. The topological polar surface area (TPSA) is 106 Å². The van der Waals surface area contributed by atoms with Crippen molar-refractivity contribution in [3.8, 4) is 5.75 Å². The Morgan fingerprint density at radius 3 is 2.63 bits per heavy atom. The van der Waals surface area contributed by atoms with Crippen molar-refractivity contribution in [2.45, 2.75) is 12.3 Å². The first-order valence-electron chi connectivity index (χ1n) is 8.24. The van der Waals surface area contributed by atoms with Crippen molar-refractivity contribution in [1.29, 1.82) is 0 Å². The third-order valence-corrected chi connectivity index (χ3v) is 4.50. The molecule has 0 radical (unpaired) electrons. The third-order valence-electron chi connectivity index (χ3n) is 4.30. The molecule has 1 saturated carbocycles. The van der Waals surface area contributed by atoms with Crippen molar-refractivity contribution in [2.24, 2.45) is 5.92 Å². The molecule has 2 aromatic rings. The number of nitro benzene ring substituents is 1. The van der Waals surface area contributed by atoms with Crippen LogP contribution >= 0.6 is 12.2 Å². The highest BCUT2D eigenvalue weighted by Crippen LogP contribution is 2.47. The molecule has 1 amide bonds. The smallest absolute Gasteiger partial charge is 0.273 e. The predicted molar refractivity (Wildman–Crippen MR) is 104 cm³/mol. The zero-order chi connectivity index (χ0) is 19.4. The minimum atomic E-state index is -0.512. The number of ether oxygens (including phenoxy) is 1. The van der Waals surface area contributed by atoms with Gasteiger partial charge in [0, 0.05) is 12.0 Å². The molecule has 27 heavy (non-hydrogen) atoms. The molecule has 0 aliphatic heterocycles. The average molecular weight is 386 g/mol. The van der Waals surface area contributed by atoms with Crippen LogP contribution in [0.3, 0.4) is 0 Å². The first-order valence-corrected chi connectivity index (χ1v) is 8.64. The number of nitro groups is 1. The van der Waals surface area contributed by atoms with E-state index in [4.69, 9.17) is 17.0 Å². The molecule has 0 spiro atoms. The normalized spacial score (nSPS) is 17.5. The summed E-state index contributed by atoms with van der Waals surface area (Å²) in [5, 5.41) is 13.8. The monoisotopic (exact) mass is 386 g/mol. The molecule has 0 heterocycles. The number of amides is 1. The molecule has 0 bridgehead atoms. The molecule has 9 heteroatoms. The fourth-order valence-electron chi connectivity index (χ4n) is 2.81. The van der Waals surface area contributed by atoms with Gasteiger partial charge in [0.05, 0.1) is 23.8 Å². The lowest BCUT2D eigenvalue weighted by Crippen LogP contribution is -2.44.